The third-order valence-electron chi connectivity index (χ3n) is 3.95. The average Bonchev–Trinajstić information content (AvgIpc) is 2.43. The molecule has 1 aromatic carbocycles. The molecule has 1 aliphatic heterocycles. The molecule has 1 saturated heterocycles. The van der Waals surface area contributed by atoms with Crippen molar-refractivity contribution in [1.29, 1.82) is 0 Å². The van der Waals surface area contributed by atoms with Gasteiger partial charge in [-0.1, -0.05) is 13.0 Å². The largest absolute Gasteiger partial charge is 0.496 e. The molecule has 0 unspecified atom stereocenters. The Balaban J connectivity index is 1.83. The first kappa shape index (κ1) is 17.3. The van der Waals surface area contributed by atoms with E-state index in [9.17, 15) is 13.2 Å². The van der Waals surface area contributed by atoms with E-state index in [-0.39, 0.29) is 16.9 Å². The molecule has 1 aromatic rings. The highest BCUT2D eigenvalue weighted by atomic mass is 79.9. The van der Waals surface area contributed by atoms with Crippen molar-refractivity contribution in [3.05, 3.63) is 28.2 Å². The lowest BCUT2D eigenvalue weighted by Gasteiger charge is -2.38. The lowest BCUT2D eigenvalue weighted by Crippen LogP contribution is -2.57. The van der Waals surface area contributed by atoms with Crippen LogP contribution >= 0.6 is 15.9 Å². The second-order valence-corrected chi connectivity index (χ2v) is 8.77. The van der Waals surface area contributed by atoms with Gasteiger partial charge in [-0.3, -0.25) is 4.79 Å². The molecule has 122 valence electrons. The molecule has 1 amide bonds. The summed E-state index contributed by atoms with van der Waals surface area (Å²) in [4.78, 5) is 13.7. The Morgan fingerprint density at radius 1 is 1.41 bits per heavy atom. The van der Waals surface area contributed by atoms with E-state index in [0.29, 0.717) is 25.9 Å². The molecular formula is C15H20BrNO4S. The van der Waals surface area contributed by atoms with Gasteiger partial charge in [-0.15, -0.1) is 0 Å². The quantitative estimate of drug-likeness (QED) is 0.746. The van der Waals surface area contributed by atoms with Gasteiger partial charge in [-0.05, 0) is 40.0 Å². The van der Waals surface area contributed by atoms with Crippen molar-refractivity contribution in [2.24, 2.45) is 0 Å². The molecule has 0 aromatic heterocycles. The molecule has 7 heteroatoms. The van der Waals surface area contributed by atoms with Crippen molar-refractivity contribution in [2.45, 2.75) is 25.0 Å². The van der Waals surface area contributed by atoms with Crippen molar-refractivity contribution < 1.29 is 17.9 Å². The molecule has 2 rings (SSSR count). The van der Waals surface area contributed by atoms with E-state index in [2.05, 4.69) is 15.9 Å². The Labute approximate surface area is 139 Å². The van der Waals surface area contributed by atoms with E-state index in [1.807, 2.05) is 18.2 Å². The fourth-order valence-electron chi connectivity index (χ4n) is 2.38. The fourth-order valence-corrected chi connectivity index (χ4v) is 4.25. The molecule has 0 saturated carbocycles. The molecule has 1 fully saturated rings. The molecule has 0 atom stereocenters. The summed E-state index contributed by atoms with van der Waals surface area (Å²) >= 11 is 3.42. The van der Waals surface area contributed by atoms with Gasteiger partial charge in [0.15, 0.2) is 9.84 Å². The smallest absolute Gasteiger partial charge is 0.222 e. The number of sulfone groups is 1. The summed E-state index contributed by atoms with van der Waals surface area (Å²) in [7, 11) is -1.42. The van der Waals surface area contributed by atoms with Crippen LogP contribution in [0, 0.1) is 0 Å². The van der Waals surface area contributed by atoms with E-state index in [0.717, 1.165) is 15.8 Å². The molecule has 22 heavy (non-hydrogen) atoms. The summed E-state index contributed by atoms with van der Waals surface area (Å²) in [6.45, 7) is 2.31. The van der Waals surface area contributed by atoms with Gasteiger partial charge >= 0.3 is 0 Å². The summed E-state index contributed by atoms with van der Waals surface area (Å²) in [5.41, 5.74) is 1.04. The topological polar surface area (TPSA) is 63.7 Å². The monoisotopic (exact) mass is 389 g/mol. The van der Waals surface area contributed by atoms with Gasteiger partial charge in [0.1, 0.15) is 5.75 Å². The maximum absolute atomic E-state index is 12.1. The van der Waals surface area contributed by atoms with Crippen LogP contribution in [0.3, 0.4) is 0 Å². The van der Waals surface area contributed by atoms with Crippen LogP contribution in [0.4, 0.5) is 0 Å². The Morgan fingerprint density at radius 2 is 2.09 bits per heavy atom. The second-order valence-electron chi connectivity index (χ2n) is 5.34. The van der Waals surface area contributed by atoms with Crippen molar-refractivity contribution in [3.63, 3.8) is 0 Å². The zero-order valence-corrected chi connectivity index (χ0v) is 15.1. The van der Waals surface area contributed by atoms with Crippen LogP contribution in [0.15, 0.2) is 22.7 Å². The molecule has 1 heterocycles. The molecule has 0 spiro atoms. The Morgan fingerprint density at radius 3 is 2.64 bits per heavy atom. The van der Waals surface area contributed by atoms with Crippen molar-refractivity contribution in [2.75, 3.05) is 26.0 Å². The highest BCUT2D eigenvalue weighted by Gasteiger charge is 2.38. The number of likely N-dealkylation sites (tertiary alicyclic amines) is 1. The molecule has 0 aliphatic carbocycles. The number of rotatable bonds is 6. The van der Waals surface area contributed by atoms with E-state index < -0.39 is 9.84 Å². The summed E-state index contributed by atoms with van der Waals surface area (Å²) < 4.78 is 29.4. The first-order valence-corrected chi connectivity index (χ1v) is 9.70. The maximum atomic E-state index is 12.1. The van der Waals surface area contributed by atoms with Gasteiger partial charge in [0.05, 0.1) is 16.8 Å². The normalized spacial score (nSPS) is 15.5. The number of carbonyl (C=O) groups excluding carboxylic acids is 1. The van der Waals surface area contributed by atoms with Crippen molar-refractivity contribution >= 4 is 31.7 Å². The summed E-state index contributed by atoms with van der Waals surface area (Å²) in [5.74, 6) is 0.902. The van der Waals surface area contributed by atoms with E-state index in [1.165, 1.54) is 0 Å². The summed E-state index contributed by atoms with van der Waals surface area (Å²) in [6.07, 6.45) is 1.01. The molecule has 1 aliphatic rings. The van der Waals surface area contributed by atoms with Crippen LogP contribution in [0.1, 0.15) is 18.9 Å². The Kier molecular flexibility index (Phi) is 5.50. The van der Waals surface area contributed by atoms with Crippen LogP contribution in [-0.2, 0) is 21.1 Å². The maximum Gasteiger partial charge on any atom is 0.222 e. The number of ether oxygens (including phenoxy) is 1. The number of carbonyl (C=O) groups is 1. The zero-order valence-electron chi connectivity index (χ0n) is 12.7. The highest BCUT2D eigenvalue weighted by Crippen LogP contribution is 2.26. The van der Waals surface area contributed by atoms with Crippen LogP contribution in [0.25, 0.3) is 0 Å². The van der Waals surface area contributed by atoms with Gasteiger partial charge in [-0.25, -0.2) is 8.42 Å². The Bertz CT molecular complexity index is 654. The number of hydrogen-bond donors (Lipinski definition) is 0. The zero-order chi connectivity index (χ0) is 16.3. The minimum atomic E-state index is -3.02. The molecule has 0 N–H and O–H groups in total. The minimum absolute atomic E-state index is 0.00879. The first-order chi connectivity index (χ1) is 10.4. The number of hydrogen-bond acceptors (Lipinski definition) is 4. The van der Waals surface area contributed by atoms with Gasteiger partial charge in [0, 0.05) is 25.3 Å². The van der Waals surface area contributed by atoms with E-state index in [4.69, 9.17) is 4.74 Å². The number of halogens is 1. The number of methoxy groups -OCH3 is 1. The average molecular weight is 390 g/mol. The van der Waals surface area contributed by atoms with Crippen LogP contribution in [0.2, 0.25) is 0 Å². The Hall–Kier alpha value is -1.08. The summed E-state index contributed by atoms with van der Waals surface area (Å²) in [5, 5.41) is -0.378. The second kappa shape index (κ2) is 7.00. The molecule has 0 radical (unpaired) electrons. The SMILES string of the molecule is CCS(=O)(=O)C1CN(C(=O)CCc2ccc(OC)c(Br)c2)C1. The standard InChI is InChI=1S/C15H20BrNO4S/c1-3-22(19,20)12-9-17(10-12)15(18)7-5-11-4-6-14(21-2)13(16)8-11/h4,6,8,12H,3,5,7,9-10H2,1-2H3. The van der Waals surface area contributed by atoms with Crippen molar-refractivity contribution in [3.8, 4) is 5.75 Å². The van der Waals surface area contributed by atoms with Crippen LogP contribution in [-0.4, -0.2) is 50.4 Å². The third kappa shape index (κ3) is 3.81. The van der Waals surface area contributed by atoms with Crippen LogP contribution < -0.4 is 4.74 Å². The number of aryl methyl sites for hydroxylation is 1. The lowest BCUT2D eigenvalue weighted by atomic mass is 10.1. The molecule has 5 nitrogen and oxygen atoms in total. The fraction of sp³-hybridized carbons (Fsp3) is 0.533. The minimum Gasteiger partial charge on any atom is -0.496 e. The number of nitrogens with zero attached hydrogens (tertiary/aromatic N) is 1. The van der Waals surface area contributed by atoms with Gasteiger partial charge in [0.25, 0.3) is 0 Å². The van der Waals surface area contributed by atoms with Gasteiger partial charge < -0.3 is 9.64 Å². The predicted octanol–water partition coefficient (Wildman–Crippen LogP) is 2.04. The third-order valence-corrected chi connectivity index (χ3v) is 6.69. The first-order valence-electron chi connectivity index (χ1n) is 7.19. The summed E-state index contributed by atoms with van der Waals surface area (Å²) in [6, 6.07) is 5.72. The predicted molar refractivity (Wildman–Crippen MR) is 88.8 cm³/mol. The van der Waals surface area contributed by atoms with Gasteiger partial charge in [0.2, 0.25) is 5.91 Å². The molecule has 0 bridgehead atoms. The molecular weight excluding hydrogens is 370 g/mol. The number of amides is 1. The van der Waals surface area contributed by atoms with Crippen LogP contribution in [0.5, 0.6) is 5.75 Å². The lowest BCUT2D eigenvalue weighted by molar-refractivity contribution is -0.134. The van der Waals surface area contributed by atoms with Crippen molar-refractivity contribution in [1.82, 2.24) is 4.90 Å². The van der Waals surface area contributed by atoms with Gasteiger partial charge in [-0.2, -0.15) is 0 Å². The van der Waals surface area contributed by atoms with E-state index >= 15 is 0 Å². The highest BCUT2D eigenvalue weighted by molar-refractivity contribution is 9.10. The van der Waals surface area contributed by atoms with E-state index in [1.54, 1.807) is 18.9 Å². The number of benzene rings is 1.